The summed E-state index contributed by atoms with van der Waals surface area (Å²) in [5.74, 6) is -0.101. The smallest absolute Gasteiger partial charge is 0.254 e. The molecule has 1 N–H and O–H groups in total. The van der Waals surface area contributed by atoms with E-state index in [0.717, 1.165) is 36.5 Å². The van der Waals surface area contributed by atoms with Crippen LogP contribution in [0.15, 0.2) is 42.6 Å². The summed E-state index contributed by atoms with van der Waals surface area (Å²) in [7, 11) is 2.09. The van der Waals surface area contributed by atoms with Crippen LogP contribution in [0, 0.1) is 13.8 Å². The fraction of sp³-hybridized carbons (Fsp3) is 0.350. The molecule has 0 saturated heterocycles. The van der Waals surface area contributed by atoms with Crippen molar-refractivity contribution in [2.75, 3.05) is 20.1 Å². The second-order valence-corrected chi connectivity index (χ2v) is 6.65. The molecule has 0 aliphatic heterocycles. The molecule has 1 amide bonds. The van der Waals surface area contributed by atoms with Gasteiger partial charge in [0, 0.05) is 25.4 Å². The van der Waals surface area contributed by atoms with Gasteiger partial charge in [0.05, 0.1) is 17.0 Å². The van der Waals surface area contributed by atoms with Crippen molar-refractivity contribution in [1.82, 2.24) is 24.8 Å². The molecule has 26 heavy (non-hydrogen) atoms. The quantitative estimate of drug-likeness (QED) is 0.665. The molecule has 2 aromatic heterocycles. The van der Waals surface area contributed by atoms with Gasteiger partial charge in [0.15, 0.2) is 5.65 Å². The lowest BCUT2D eigenvalue weighted by Crippen LogP contribution is -2.29. The first-order chi connectivity index (χ1) is 12.5. The van der Waals surface area contributed by atoms with E-state index >= 15 is 0 Å². The third-order valence-electron chi connectivity index (χ3n) is 4.39. The van der Waals surface area contributed by atoms with E-state index in [9.17, 15) is 4.79 Å². The van der Waals surface area contributed by atoms with Crippen molar-refractivity contribution < 1.29 is 4.79 Å². The van der Waals surface area contributed by atoms with Crippen LogP contribution >= 0.6 is 0 Å². The number of benzene rings is 1. The van der Waals surface area contributed by atoms with Crippen molar-refractivity contribution in [2.24, 2.45) is 0 Å². The second-order valence-electron chi connectivity index (χ2n) is 6.65. The van der Waals surface area contributed by atoms with Crippen LogP contribution in [-0.2, 0) is 6.54 Å². The third kappa shape index (κ3) is 4.26. The molecule has 136 valence electrons. The fourth-order valence-corrected chi connectivity index (χ4v) is 3.01. The molecule has 6 heteroatoms. The minimum atomic E-state index is -0.101. The zero-order chi connectivity index (χ0) is 18.5. The van der Waals surface area contributed by atoms with Gasteiger partial charge < -0.3 is 10.2 Å². The number of fused-ring (bicyclic) bond motifs is 1. The molecule has 2 heterocycles. The highest BCUT2D eigenvalue weighted by Crippen LogP contribution is 2.11. The zero-order valence-electron chi connectivity index (χ0n) is 15.6. The Balaban J connectivity index is 1.49. The van der Waals surface area contributed by atoms with Gasteiger partial charge in [-0.05, 0) is 39.4 Å². The topological polar surface area (TPSA) is 62.5 Å². The van der Waals surface area contributed by atoms with E-state index < -0.39 is 0 Å². The summed E-state index contributed by atoms with van der Waals surface area (Å²) in [6, 6.07) is 12.3. The third-order valence-corrected chi connectivity index (χ3v) is 4.39. The van der Waals surface area contributed by atoms with Crippen molar-refractivity contribution in [3.05, 3.63) is 65.1 Å². The van der Waals surface area contributed by atoms with Gasteiger partial charge in [-0.2, -0.15) is 5.10 Å². The Morgan fingerprint density at radius 2 is 2.00 bits per heavy atom. The fourth-order valence-electron chi connectivity index (χ4n) is 3.01. The van der Waals surface area contributed by atoms with Gasteiger partial charge in [-0.3, -0.25) is 4.79 Å². The molecule has 0 atom stereocenters. The van der Waals surface area contributed by atoms with Gasteiger partial charge in [0.2, 0.25) is 0 Å². The number of amides is 1. The van der Waals surface area contributed by atoms with Crippen LogP contribution in [0.5, 0.6) is 0 Å². The SMILES string of the molecule is Cc1cc2ncc(C(=O)NCCCN(C)Cc3ccccc3)c(C)n2n1. The molecule has 1 aromatic carbocycles. The number of nitrogens with zero attached hydrogens (tertiary/aromatic N) is 4. The van der Waals surface area contributed by atoms with E-state index in [1.165, 1.54) is 5.56 Å². The van der Waals surface area contributed by atoms with Gasteiger partial charge in [-0.15, -0.1) is 0 Å². The van der Waals surface area contributed by atoms with E-state index in [1.54, 1.807) is 10.7 Å². The molecule has 0 fully saturated rings. The Morgan fingerprint density at radius 1 is 1.23 bits per heavy atom. The van der Waals surface area contributed by atoms with Crippen LogP contribution in [-0.4, -0.2) is 45.5 Å². The summed E-state index contributed by atoms with van der Waals surface area (Å²) < 4.78 is 1.72. The first-order valence-electron chi connectivity index (χ1n) is 8.87. The Bertz CT molecular complexity index is 888. The van der Waals surface area contributed by atoms with Crippen LogP contribution in [0.3, 0.4) is 0 Å². The number of nitrogens with one attached hydrogen (secondary N) is 1. The summed E-state index contributed by atoms with van der Waals surface area (Å²) in [5.41, 5.74) is 4.32. The number of aromatic nitrogens is 3. The number of aryl methyl sites for hydroxylation is 2. The van der Waals surface area contributed by atoms with Gasteiger partial charge >= 0.3 is 0 Å². The molecule has 3 rings (SSSR count). The average Bonchev–Trinajstić information content (AvgIpc) is 3.01. The van der Waals surface area contributed by atoms with Crippen LogP contribution in [0.4, 0.5) is 0 Å². The van der Waals surface area contributed by atoms with Crippen molar-refractivity contribution in [3.8, 4) is 0 Å². The monoisotopic (exact) mass is 351 g/mol. The minimum absolute atomic E-state index is 0.101. The van der Waals surface area contributed by atoms with Crippen molar-refractivity contribution >= 4 is 11.6 Å². The Hall–Kier alpha value is -2.73. The standard InChI is InChI=1S/C20H25N5O/c1-15-12-19-22-13-18(16(2)25(19)23-15)20(26)21-10-7-11-24(3)14-17-8-5-4-6-9-17/h4-6,8-9,12-13H,7,10-11,14H2,1-3H3,(H,21,26). The van der Waals surface area contributed by atoms with Crippen LogP contribution in [0.2, 0.25) is 0 Å². The maximum Gasteiger partial charge on any atom is 0.254 e. The average molecular weight is 351 g/mol. The van der Waals surface area contributed by atoms with E-state index in [-0.39, 0.29) is 5.91 Å². The van der Waals surface area contributed by atoms with Crippen molar-refractivity contribution in [3.63, 3.8) is 0 Å². The number of carbonyl (C=O) groups excluding carboxylic acids is 1. The molecule has 0 aliphatic rings. The molecule has 0 spiro atoms. The van der Waals surface area contributed by atoms with Gasteiger partial charge in [0.1, 0.15) is 0 Å². The molecule has 0 saturated carbocycles. The van der Waals surface area contributed by atoms with Crippen molar-refractivity contribution in [2.45, 2.75) is 26.8 Å². The van der Waals surface area contributed by atoms with Crippen LogP contribution in [0.1, 0.15) is 33.7 Å². The number of hydrogen-bond donors (Lipinski definition) is 1. The number of carbonyl (C=O) groups is 1. The minimum Gasteiger partial charge on any atom is -0.352 e. The summed E-state index contributed by atoms with van der Waals surface area (Å²) in [6.07, 6.45) is 2.52. The molecule has 0 unspecified atom stereocenters. The maximum absolute atomic E-state index is 12.4. The highest BCUT2D eigenvalue weighted by atomic mass is 16.1. The van der Waals surface area contributed by atoms with E-state index in [2.05, 4.69) is 51.6 Å². The largest absolute Gasteiger partial charge is 0.352 e. The Morgan fingerprint density at radius 3 is 2.77 bits per heavy atom. The first kappa shape index (κ1) is 18.1. The number of rotatable bonds is 7. The van der Waals surface area contributed by atoms with Crippen molar-refractivity contribution in [1.29, 1.82) is 0 Å². The normalized spacial score (nSPS) is 11.2. The zero-order valence-corrected chi connectivity index (χ0v) is 15.6. The van der Waals surface area contributed by atoms with Gasteiger partial charge in [-0.25, -0.2) is 9.50 Å². The number of hydrogen-bond acceptors (Lipinski definition) is 4. The van der Waals surface area contributed by atoms with Gasteiger partial charge in [0.25, 0.3) is 5.91 Å². The molecular formula is C20H25N5O. The predicted octanol–water partition coefficient (Wildman–Crippen LogP) is 2.60. The van der Waals surface area contributed by atoms with Crippen LogP contribution < -0.4 is 5.32 Å². The molecule has 6 nitrogen and oxygen atoms in total. The lowest BCUT2D eigenvalue weighted by Gasteiger charge is -2.17. The lowest BCUT2D eigenvalue weighted by molar-refractivity contribution is 0.0950. The molecule has 0 bridgehead atoms. The highest BCUT2D eigenvalue weighted by molar-refractivity contribution is 5.95. The summed E-state index contributed by atoms with van der Waals surface area (Å²) >= 11 is 0. The Kier molecular flexibility index (Phi) is 5.63. The van der Waals surface area contributed by atoms with E-state index in [0.29, 0.717) is 12.1 Å². The lowest BCUT2D eigenvalue weighted by atomic mass is 10.2. The van der Waals surface area contributed by atoms with E-state index in [4.69, 9.17) is 0 Å². The summed E-state index contributed by atoms with van der Waals surface area (Å²) in [5, 5.41) is 7.37. The second kappa shape index (κ2) is 8.10. The van der Waals surface area contributed by atoms with E-state index in [1.807, 2.05) is 26.0 Å². The summed E-state index contributed by atoms with van der Waals surface area (Å²) in [4.78, 5) is 19.0. The maximum atomic E-state index is 12.4. The first-order valence-corrected chi connectivity index (χ1v) is 8.87. The summed E-state index contributed by atoms with van der Waals surface area (Å²) in [6.45, 7) is 6.27. The van der Waals surface area contributed by atoms with Crippen LogP contribution in [0.25, 0.3) is 5.65 Å². The molecule has 0 radical (unpaired) electrons. The molecule has 0 aliphatic carbocycles. The molecular weight excluding hydrogens is 326 g/mol. The molecule has 3 aromatic rings. The predicted molar refractivity (Wildman–Crippen MR) is 102 cm³/mol. The Labute approximate surface area is 153 Å². The van der Waals surface area contributed by atoms with Gasteiger partial charge in [-0.1, -0.05) is 30.3 Å². The highest BCUT2D eigenvalue weighted by Gasteiger charge is 2.13.